The molecule has 0 aromatic heterocycles. The molecule has 2 aromatic rings. The van der Waals surface area contributed by atoms with E-state index in [1.165, 1.54) is 21.9 Å². The maximum atomic E-state index is 13.6. The van der Waals surface area contributed by atoms with E-state index in [2.05, 4.69) is 0 Å². The number of para-hydroxylation sites is 1. The van der Waals surface area contributed by atoms with E-state index in [-0.39, 0.29) is 31.9 Å². The highest BCUT2D eigenvalue weighted by Crippen LogP contribution is 2.26. The van der Waals surface area contributed by atoms with Crippen LogP contribution in [0.2, 0.25) is 5.02 Å². The van der Waals surface area contributed by atoms with Crippen LogP contribution >= 0.6 is 11.6 Å². The van der Waals surface area contributed by atoms with Gasteiger partial charge in [0.15, 0.2) is 0 Å². The van der Waals surface area contributed by atoms with Crippen molar-refractivity contribution in [1.29, 1.82) is 0 Å². The molecule has 1 aliphatic rings. The summed E-state index contributed by atoms with van der Waals surface area (Å²) in [6, 6.07) is 13.7. The van der Waals surface area contributed by atoms with Crippen LogP contribution in [0.3, 0.4) is 0 Å². The first-order chi connectivity index (χ1) is 18.1. The van der Waals surface area contributed by atoms with Crippen LogP contribution in [0.1, 0.15) is 26.3 Å². The van der Waals surface area contributed by atoms with E-state index in [0.717, 1.165) is 19.5 Å². The van der Waals surface area contributed by atoms with Gasteiger partial charge in [-0.05, 0) is 36.8 Å². The number of halogens is 1. The number of esters is 2. The lowest BCUT2D eigenvalue weighted by Gasteiger charge is -2.38. The van der Waals surface area contributed by atoms with Crippen molar-refractivity contribution in [2.24, 2.45) is 0 Å². The molecule has 0 aliphatic carbocycles. The SMILES string of the molecule is CCN(Cc1ccc(O)cc1)C(=O)[C@H](OC(C)=O)[C@@H](OC(C)=O)C(=O)N1CCN(c2ccccc2Cl)CC1. The molecule has 0 spiro atoms. The quantitative estimate of drug-likeness (QED) is 0.478. The lowest BCUT2D eigenvalue weighted by atomic mass is 10.1. The van der Waals surface area contributed by atoms with Gasteiger partial charge in [0.2, 0.25) is 12.2 Å². The molecule has 38 heavy (non-hydrogen) atoms. The van der Waals surface area contributed by atoms with Gasteiger partial charge in [-0.25, -0.2) is 0 Å². The zero-order chi connectivity index (χ0) is 27.8. The molecule has 3 rings (SSSR count). The van der Waals surface area contributed by atoms with Crippen molar-refractivity contribution in [3.05, 3.63) is 59.1 Å². The van der Waals surface area contributed by atoms with Gasteiger partial charge < -0.3 is 29.3 Å². The van der Waals surface area contributed by atoms with Crippen LogP contribution in [0, 0.1) is 0 Å². The van der Waals surface area contributed by atoms with Crippen LogP contribution in [0.4, 0.5) is 5.69 Å². The summed E-state index contributed by atoms with van der Waals surface area (Å²) < 4.78 is 10.6. The van der Waals surface area contributed by atoms with Crippen molar-refractivity contribution >= 4 is 41.0 Å². The molecule has 2 amide bonds. The highest BCUT2D eigenvalue weighted by Gasteiger charge is 2.43. The minimum absolute atomic E-state index is 0.0797. The highest BCUT2D eigenvalue weighted by atomic mass is 35.5. The van der Waals surface area contributed by atoms with Crippen molar-refractivity contribution < 1.29 is 33.8 Å². The number of carbonyl (C=O) groups is 4. The zero-order valence-electron chi connectivity index (χ0n) is 21.6. The number of phenolic OH excluding ortho intramolecular Hbond substituents is 1. The molecule has 0 radical (unpaired) electrons. The number of phenols is 1. The molecule has 10 nitrogen and oxygen atoms in total. The topological polar surface area (TPSA) is 117 Å². The number of nitrogens with zero attached hydrogens (tertiary/aromatic N) is 3. The smallest absolute Gasteiger partial charge is 0.303 e. The van der Waals surface area contributed by atoms with E-state index in [1.807, 2.05) is 23.1 Å². The minimum atomic E-state index is -1.66. The predicted octanol–water partition coefficient (Wildman–Crippen LogP) is 2.61. The largest absolute Gasteiger partial charge is 0.508 e. The maximum absolute atomic E-state index is 13.6. The molecule has 2 atom stereocenters. The lowest BCUT2D eigenvalue weighted by molar-refractivity contribution is -0.181. The van der Waals surface area contributed by atoms with Gasteiger partial charge in [-0.3, -0.25) is 19.2 Å². The summed E-state index contributed by atoms with van der Waals surface area (Å²) in [4.78, 5) is 56.1. The van der Waals surface area contributed by atoms with Gasteiger partial charge in [0.1, 0.15) is 5.75 Å². The molecule has 2 aromatic carbocycles. The molecule has 1 saturated heterocycles. The average molecular weight is 546 g/mol. The fourth-order valence-corrected chi connectivity index (χ4v) is 4.50. The number of hydrogen-bond acceptors (Lipinski definition) is 8. The highest BCUT2D eigenvalue weighted by molar-refractivity contribution is 6.33. The normalized spacial score (nSPS) is 14.8. The second kappa shape index (κ2) is 13.1. The van der Waals surface area contributed by atoms with E-state index in [0.29, 0.717) is 23.7 Å². The first-order valence-electron chi connectivity index (χ1n) is 12.3. The standard InChI is InChI=1S/C27H32ClN3O7/c1-4-29(17-20-9-11-21(34)12-10-20)26(35)24(37-18(2)32)25(38-19(3)33)27(36)31-15-13-30(14-16-31)23-8-6-5-7-22(23)28/h5-12,24-25,34H,4,13-17H2,1-3H3/t24-,25-/m1/s1. The number of aromatic hydroxyl groups is 1. The predicted molar refractivity (Wildman–Crippen MR) is 141 cm³/mol. The van der Waals surface area contributed by atoms with E-state index in [1.54, 1.807) is 25.1 Å². The second-order valence-corrected chi connectivity index (χ2v) is 9.25. The van der Waals surface area contributed by atoms with Gasteiger partial charge >= 0.3 is 11.9 Å². The van der Waals surface area contributed by atoms with Crippen LogP contribution in [0.5, 0.6) is 5.75 Å². The number of amides is 2. The Hall–Kier alpha value is -3.79. The first kappa shape index (κ1) is 28.8. The van der Waals surface area contributed by atoms with Crippen LogP contribution in [0.25, 0.3) is 0 Å². The molecule has 0 saturated carbocycles. The van der Waals surface area contributed by atoms with Crippen molar-refractivity contribution in [1.82, 2.24) is 9.80 Å². The zero-order valence-corrected chi connectivity index (χ0v) is 22.4. The van der Waals surface area contributed by atoms with Gasteiger partial charge in [-0.15, -0.1) is 0 Å². The molecule has 1 fully saturated rings. The summed E-state index contributed by atoms with van der Waals surface area (Å²) in [6.45, 7) is 5.85. The Balaban J connectivity index is 1.81. The molecular formula is C27H32ClN3O7. The summed E-state index contributed by atoms with van der Waals surface area (Å²) in [5, 5.41) is 10.1. The number of ether oxygens (including phenoxy) is 2. The Morgan fingerprint density at radius 1 is 0.921 bits per heavy atom. The van der Waals surface area contributed by atoms with Gasteiger partial charge in [0, 0.05) is 53.1 Å². The number of benzene rings is 2. The second-order valence-electron chi connectivity index (χ2n) is 8.84. The summed E-state index contributed by atoms with van der Waals surface area (Å²) in [5.41, 5.74) is 1.56. The summed E-state index contributed by atoms with van der Waals surface area (Å²) in [5.74, 6) is -2.80. The third-order valence-electron chi connectivity index (χ3n) is 6.14. The van der Waals surface area contributed by atoms with E-state index in [4.69, 9.17) is 21.1 Å². The third kappa shape index (κ3) is 7.38. The number of rotatable bonds is 9. The molecule has 204 valence electrons. The molecule has 1 N–H and O–H groups in total. The molecule has 0 bridgehead atoms. The van der Waals surface area contributed by atoms with Crippen molar-refractivity contribution in [2.45, 2.75) is 39.5 Å². The van der Waals surface area contributed by atoms with Crippen molar-refractivity contribution in [3.63, 3.8) is 0 Å². The Bertz CT molecular complexity index is 1150. The van der Waals surface area contributed by atoms with E-state index >= 15 is 0 Å². The van der Waals surface area contributed by atoms with Crippen LogP contribution < -0.4 is 4.90 Å². The number of likely N-dealkylation sites (N-methyl/N-ethyl adjacent to an activating group) is 1. The maximum Gasteiger partial charge on any atom is 0.303 e. The molecule has 0 unspecified atom stereocenters. The summed E-state index contributed by atoms with van der Waals surface area (Å²) in [7, 11) is 0. The van der Waals surface area contributed by atoms with Crippen molar-refractivity contribution in [3.8, 4) is 5.75 Å². The Kier molecular flexibility index (Phi) is 9.95. The van der Waals surface area contributed by atoms with Crippen LogP contribution in [-0.4, -0.2) is 83.6 Å². The van der Waals surface area contributed by atoms with Gasteiger partial charge in [0.05, 0.1) is 10.7 Å². The van der Waals surface area contributed by atoms with Gasteiger partial charge in [-0.1, -0.05) is 35.9 Å². The number of piperazine rings is 1. The number of anilines is 1. The molecule has 11 heteroatoms. The molecular weight excluding hydrogens is 514 g/mol. The average Bonchev–Trinajstić information content (AvgIpc) is 2.89. The minimum Gasteiger partial charge on any atom is -0.508 e. The Morgan fingerprint density at radius 2 is 1.50 bits per heavy atom. The fraction of sp³-hybridized carbons (Fsp3) is 0.407. The fourth-order valence-electron chi connectivity index (χ4n) is 4.24. The number of carbonyl (C=O) groups excluding carboxylic acids is 4. The third-order valence-corrected chi connectivity index (χ3v) is 6.45. The van der Waals surface area contributed by atoms with Gasteiger partial charge in [0.25, 0.3) is 11.8 Å². The Morgan fingerprint density at radius 3 is 2.05 bits per heavy atom. The number of hydrogen-bond donors (Lipinski definition) is 1. The molecule has 1 heterocycles. The van der Waals surface area contributed by atoms with Gasteiger partial charge in [-0.2, -0.15) is 0 Å². The first-order valence-corrected chi connectivity index (χ1v) is 12.7. The van der Waals surface area contributed by atoms with Crippen LogP contribution in [-0.2, 0) is 35.2 Å². The van der Waals surface area contributed by atoms with Crippen molar-refractivity contribution in [2.75, 3.05) is 37.6 Å². The van der Waals surface area contributed by atoms with E-state index in [9.17, 15) is 24.3 Å². The summed E-state index contributed by atoms with van der Waals surface area (Å²) >= 11 is 6.32. The Labute approximate surface area is 226 Å². The van der Waals surface area contributed by atoms with E-state index < -0.39 is 36.0 Å². The molecule has 1 aliphatic heterocycles. The lowest BCUT2D eigenvalue weighted by Crippen LogP contribution is -2.58. The van der Waals surface area contributed by atoms with Crippen LogP contribution in [0.15, 0.2) is 48.5 Å². The summed E-state index contributed by atoms with van der Waals surface area (Å²) in [6.07, 6.45) is -3.31. The monoisotopic (exact) mass is 545 g/mol.